The first kappa shape index (κ1) is 13.4. The molecular weight excluding hydrogens is 319 g/mol. The van der Waals surface area contributed by atoms with Crippen LogP contribution in [0.4, 0.5) is 4.39 Å². The lowest BCUT2D eigenvalue weighted by atomic mass is 10.1. The summed E-state index contributed by atoms with van der Waals surface area (Å²) in [7, 11) is 0. The van der Waals surface area contributed by atoms with Gasteiger partial charge < -0.3 is 10.6 Å². The van der Waals surface area contributed by atoms with Crippen LogP contribution in [0.1, 0.15) is 23.2 Å². The van der Waals surface area contributed by atoms with Crippen LogP contribution in [-0.2, 0) is 0 Å². The molecule has 2 rings (SSSR count). The van der Waals surface area contributed by atoms with Crippen molar-refractivity contribution in [2.75, 3.05) is 6.54 Å². The Bertz CT molecular complexity index is 509. The number of amides is 1. The molecule has 1 unspecified atom stereocenters. The van der Waals surface area contributed by atoms with Crippen LogP contribution >= 0.6 is 28.1 Å². The van der Waals surface area contributed by atoms with Gasteiger partial charge in [-0.25, -0.2) is 4.39 Å². The zero-order valence-electron chi connectivity index (χ0n) is 9.53. The topological polar surface area (TPSA) is 46.3 Å². The van der Waals surface area contributed by atoms with Crippen LogP contribution in [-0.4, -0.2) is 28.4 Å². The highest BCUT2D eigenvalue weighted by Gasteiger charge is 2.31. The summed E-state index contributed by atoms with van der Waals surface area (Å²) in [6, 6.07) is 4.03. The Morgan fingerprint density at radius 1 is 1.56 bits per heavy atom. The minimum Gasteiger partial charge on any atom is -0.392 e. The molecule has 3 nitrogen and oxygen atoms in total. The molecule has 0 bridgehead atoms. The lowest BCUT2D eigenvalue weighted by Crippen LogP contribution is -2.42. The van der Waals surface area contributed by atoms with Crippen molar-refractivity contribution in [3.05, 3.63) is 34.1 Å². The fraction of sp³-hybridized carbons (Fsp3) is 0.333. The Balaban J connectivity index is 2.25. The van der Waals surface area contributed by atoms with Crippen molar-refractivity contribution in [3.8, 4) is 0 Å². The SMILES string of the molecule is NC(=S)C1CCCN1C(=O)c1ccc(F)c(Br)c1. The molecule has 1 atom stereocenters. The van der Waals surface area contributed by atoms with E-state index in [4.69, 9.17) is 18.0 Å². The molecule has 18 heavy (non-hydrogen) atoms. The number of nitrogens with zero attached hydrogens (tertiary/aromatic N) is 1. The number of likely N-dealkylation sites (tertiary alicyclic amines) is 1. The average Bonchev–Trinajstić information content (AvgIpc) is 2.81. The predicted octanol–water partition coefficient (Wildman–Crippen LogP) is 2.48. The van der Waals surface area contributed by atoms with Gasteiger partial charge in [0, 0.05) is 12.1 Å². The quantitative estimate of drug-likeness (QED) is 0.847. The number of benzene rings is 1. The van der Waals surface area contributed by atoms with Gasteiger partial charge in [-0.15, -0.1) is 0 Å². The van der Waals surface area contributed by atoms with Crippen molar-refractivity contribution in [3.63, 3.8) is 0 Å². The molecule has 1 saturated heterocycles. The molecule has 1 aromatic carbocycles. The van der Waals surface area contributed by atoms with E-state index in [1.807, 2.05) is 0 Å². The summed E-state index contributed by atoms with van der Waals surface area (Å²) < 4.78 is 13.4. The van der Waals surface area contributed by atoms with Crippen molar-refractivity contribution in [2.24, 2.45) is 5.73 Å². The molecule has 1 heterocycles. The number of hydrogen-bond donors (Lipinski definition) is 1. The number of nitrogens with two attached hydrogens (primary N) is 1. The molecule has 96 valence electrons. The van der Waals surface area contributed by atoms with Gasteiger partial charge in [0.1, 0.15) is 5.82 Å². The maximum atomic E-state index is 13.1. The Kier molecular flexibility index (Phi) is 3.97. The third kappa shape index (κ3) is 2.54. The molecule has 2 N–H and O–H groups in total. The van der Waals surface area contributed by atoms with Crippen molar-refractivity contribution in [2.45, 2.75) is 18.9 Å². The van der Waals surface area contributed by atoms with E-state index < -0.39 is 0 Å². The van der Waals surface area contributed by atoms with Crippen LogP contribution in [0.15, 0.2) is 22.7 Å². The van der Waals surface area contributed by atoms with E-state index in [2.05, 4.69) is 15.9 Å². The fourth-order valence-electron chi connectivity index (χ4n) is 2.10. The van der Waals surface area contributed by atoms with E-state index in [0.717, 1.165) is 12.8 Å². The Morgan fingerprint density at radius 3 is 2.89 bits per heavy atom. The fourth-order valence-corrected chi connectivity index (χ4v) is 2.72. The van der Waals surface area contributed by atoms with E-state index in [-0.39, 0.29) is 22.2 Å². The largest absolute Gasteiger partial charge is 0.392 e. The van der Waals surface area contributed by atoms with Gasteiger partial charge in [0.05, 0.1) is 15.5 Å². The molecule has 1 aromatic rings. The summed E-state index contributed by atoms with van der Waals surface area (Å²) in [4.78, 5) is 14.3. The van der Waals surface area contributed by atoms with E-state index in [0.29, 0.717) is 17.1 Å². The Morgan fingerprint density at radius 2 is 2.28 bits per heavy atom. The molecule has 1 fully saturated rings. The molecule has 1 amide bonds. The first-order chi connectivity index (χ1) is 8.50. The number of hydrogen-bond acceptors (Lipinski definition) is 2. The smallest absolute Gasteiger partial charge is 0.254 e. The van der Waals surface area contributed by atoms with E-state index >= 15 is 0 Å². The number of carbonyl (C=O) groups excluding carboxylic acids is 1. The molecule has 0 spiro atoms. The highest BCUT2D eigenvalue weighted by molar-refractivity contribution is 9.10. The lowest BCUT2D eigenvalue weighted by Gasteiger charge is -2.23. The first-order valence-corrected chi connectivity index (χ1v) is 6.76. The minimum absolute atomic E-state index is 0.161. The number of thiocarbonyl (C=S) groups is 1. The second-order valence-electron chi connectivity index (χ2n) is 4.19. The second kappa shape index (κ2) is 5.32. The zero-order valence-corrected chi connectivity index (χ0v) is 11.9. The summed E-state index contributed by atoms with van der Waals surface area (Å²) in [5.41, 5.74) is 6.06. The van der Waals surface area contributed by atoms with Gasteiger partial charge in [0.15, 0.2) is 0 Å². The van der Waals surface area contributed by atoms with Gasteiger partial charge in [0.25, 0.3) is 5.91 Å². The molecule has 6 heteroatoms. The van der Waals surface area contributed by atoms with Crippen molar-refractivity contribution in [1.82, 2.24) is 4.90 Å². The predicted molar refractivity (Wildman–Crippen MR) is 74.9 cm³/mol. The van der Waals surface area contributed by atoms with Gasteiger partial charge in [-0.1, -0.05) is 12.2 Å². The summed E-state index contributed by atoms with van der Waals surface area (Å²) in [5.74, 6) is -0.551. The van der Waals surface area contributed by atoms with Gasteiger partial charge in [0.2, 0.25) is 0 Å². The summed E-state index contributed by atoms with van der Waals surface area (Å²) >= 11 is 8.03. The van der Waals surface area contributed by atoms with E-state index in [9.17, 15) is 9.18 Å². The lowest BCUT2D eigenvalue weighted by molar-refractivity contribution is 0.0770. The number of halogens is 2. The molecule has 1 aliphatic rings. The number of carbonyl (C=O) groups is 1. The highest BCUT2D eigenvalue weighted by atomic mass is 79.9. The van der Waals surface area contributed by atoms with Gasteiger partial charge in [-0.05, 0) is 47.0 Å². The molecule has 1 aliphatic heterocycles. The van der Waals surface area contributed by atoms with Crippen LogP contribution in [0.25, 0.3) is 0 Å². The molecule has 0 radical (unpaired) electrons. The minimum atomic E-state index is -0.390. The highest BCUT2D eigenvalue weighted by Crippen LogP contribution is 2.23. The van der Waals surface area contributed by atoms with Crippen LogP contribution in [0.2, 0.25) is 0 Å². The first-order valence-electron chi connectivity index (χ1n) is 5.56. The summed E-state index contributed by atoms with van der Waals surface area (Å²) in [6.07, 6.45) is 1.68. The van der Waals surface area contributed by atoms with Crippen molar-refractivity contribution in [1.29, 1.82) is 0 Å². The van der Waals surface area contributed by atoms with Crippen LogP contribution < -0.4 is 5.73 Å². The second-order valence-corrected chi connectivity index (χ2v) is 5.51. The summed E-state index contributed by atoms with van der Waals surface area (Å²) in [5, 5.41) is 0. The standard InChI is InChI=1S/C12H12BrFN2OS/c13-8-6-7(3-4-9(8)14)12(17)16-5-1-2-10(16)11(15)18/h3-4,6,10H,1-2,5H2,(H2,15,18). The van der Waals surface area contributed by atoms with Crippen molar-refractivity contribution >= 4 is 39.0 Å². The zero-order chi connectivity index (χ0) is 13.3. The maximum absolute atomic E-state index is 13.1. The average molecular weight is 331 g/mol. The van der Waals surface area contributed by atoms with Crippen LogP contribution in [0.3, 0.4) is 0 Å². The molecular formula is C12H12BrFN2OS. The molecule has 0 aromatic heterocycles. The van der Waals surface area contributed by atoms with Gasteiger partial charge in [-0.2, -0.15) is 0 Å². The van der Waals surface area contributed by atoms with Gasteiger partial charge >= 0.3 is 0 Å². The third-order valence-corrected chi connectivity index (χ3v) is 3.89. The monoisotopic (exact) mass is 330 g/mol. The third-order valence-electron chi connectivity index (χ3n) is 3.01. The normalized spacial score (nSPS) is 19.0. The Hall–Kier alpha value is -1.01. The summed E-state index contributed by atoms with van der Waals surface area (Å²) in [6.45, 7) is 0.635. The van der Waals surface area contributed by atoms with Crippen LogP contribution in [0.5, 0.6) is 0 Å². The molecule has 0 aliphatic carbocycles. The number of rotatable bonds is 2. The van der Waals surface area contributed by atoms with E-state index in [1.54, 1.807) is 4.90 Å². The Labute approximate surface area is 118 Å². The van der Waals surface area contributed by atoms with Gasteiger partial charge in [-0.3, -0.25) is 4.79 Å². The van der Waals surface area contributed by atoms with E-state index in [1.165, 1.54) is 18.2 Å². The maximum Gasteiger partial charge on any atom is 0.254 e. The molecule has 0 saturated carbocycles. The van der Waals surface area contributed by atoms with Crippen molar-refractivity contribution < 1.29 is 9.18 Å². The van der Waals surface area contributed by atoms with Crippen LogP contribution in [0, 0.1) is 5.82 Å².